The molecule has 0 radical (unpaired) electrons. The smallest absolute Gasteiger partial charge is 0.254 e. The van der Waals surface area contributed by atoms with Crippen molar-refractivity contribution in [1.82, 2.24) is 20.0 Å². The number of likely N-dealkylation sites (tertiary alicyclic amines) is 1. The van der Waals surface area contributed by atoms with Crippen LogP contribution in [0.25, 0.3) is 5.69 Å². The summed E-state index contributed by atoms with van der Waals surface area (Å²) in [6, 6.07) is 17.6. The number of nitrogens with one attached hydrogen (secondary N) is 1. The molecule has 2 saturated heterocycles. The van der Waals surface area contributed by atoms with Crippen LogP contribution in [-0.2, 0) is 4.79 Å². The second-order valence-electron chi connectivity index (χ2n) is 9.78. The van der Waals surface area contributed by atoms with Crippen molar-refractivity contribution in [2.24, 2.45) is 0 Å². The molecule has 1 N–H and O–H groups in total. The third-order valence-corrected chi connectivity index (χ3v) is 7.36. The van der Waals surface area contributed by atoms with Gasteiger partial charge in [0.05, 0.1) is 24.0 Å². The first-order valence-electron chi connectivity index (χ1n) is 12.3. The standard InChI is InChI=1S/C28H32N4O3/c1-19-15-20(2)32(30-19)22-10-8-9-21(16-22)27(34)31-17-24(23-11-4-5-12-25(23)35-3)28(18-31)14-7-6-13-26(33)29-28/h4-5,8-12,15-16,24H,6-7,13-14,17-18H2,1-3H3,(H,29,33)/t24-,28+/m0/s1. The lowest BCUT2D eigenvalue weighted by molar-refractivity contribution is -0.122. The second kappa shape index (κ2) is 9.21. The first kappa shape index (κ1) is 23.1. The highest BCUT2D eigenvalue weighted by Crippen LogP contribution is 2.44. The van der Waals surface area contributed by atoms with E-state index in [2.05, 4.69) is 16.5 Å². The third kappa shape index (κ3) is 4.31. The number of hydrogen-bond donors (Lipinski definition) is 1. The fourth-order valence-electron chi connectivity index (χ4n) is 5.77. The zero-order valence-electron chi connectivity index (χ0n) is 20.6. The van der Waals surface area contributed by atoms with Crippen molar-refractivity contribution in [2.75, 3.05) is 20.2 Å². The van der Waals surface area contributed by atoms with Crippen LogP contribution in [0.5, 0.6) is 5.75 Å². The van der Waals surface area contributed by atoms with Gasteiger partial charge in [-0.3, -0.25) is 9.59 Å². The van der Waals surface area contributed by atoms with Gasteiger partial charge in [-0.15, -0.1) is 0 Å². The van der Waals surface area contributed by atoms with Crippen molar-refractivity contribution in [2.45, 2.75) is 51.0 Å². The number of ether oxygens (including phenoxy) is 1. The summed E-state index contributed by atoms with van der Waals surface area (Å²) in [7, 11) is 1.67. The maximum Gasteiger partial charge on any atom is 0.254 e. The molecule has 0 bridgehead atoms. The van der Waals surface area contributed by atoms with E-state index in [1.54, 1.807) is 7.11 Å². The molecule has 2 aliphatic rings. The van der Waals surface area contributed by atoms with Crippen LogP contribution in [0.2, 0.25) is 0 Å². The highest BCUT2D eigenvalue weighted by atomic mass is 16.5. The van der Waals surface area contributed by atoms with Gasteiger partial charge in [-0.05, 0) is 57.0 Å². The summed E-state index contributed by atoms with van der Waals surface area (Å²) in [5, 5.41) is 7.90. The van der Waals surface area contributed by atoms with Crippen LogP contribution in [0.15, 0.2) is 54.6 Å². The van der Waals surface area contributed by atoms with E-state index in [1.807, 2.05) is 72.0 Å². The number of nitrogens with zero attached hydrogens (tertiary/aromatic N) is 3. The zero-order chi connectivity index (χ0) is 24.6. The summed E-state index contributed by atoms with van der Waals surface area (Å²) >= 11 is 0. The third-order valence-electron chi connectivity index (χ3n) is 7.36. The molecule has 2 aliphatic heterocycles. The summed E-state index contributed by atoms with van der Waals surface area (Å²) < 4.78 is 7.54. The van der Waals surface area contributed by atoms with Gasteiger partial charge < -0.3 is 15.0 Å². The summed E-state index contributed by atoms with van der Waals surface area (Å²) in [4.78, 5) is 28.4. The molecule has 0 saturated carbocycles. The van der Waals surface area contributed by atoms with E-state index < -0.39 is 5.54 Å². The fraction of sp³-hybridized carbons (Fsp3) is 0.393. The van der Waals surface area contributed by atoms with Gasteiger partial charge in [-0.2, -0.15) is 5.10 Å². The Morgan fingerprint density at radius 3 is 2.71 bits per heavy atom. The minimum absolute atomic E-state index is 0.0383. The normalized spacial score (nSPS) is 22.2. The number of aromatic nitrogens is 2. The van der Waals surface area contributed by atoms with Gasteiger partial charge in [0.25, 0.3) is 5.91 Å². The number of methoxy groups -OCH3 is 1. The predicted octanol–water partition coefficient (Wildman–Crippen LogP) is 4.17. The summed E-state index contributed by atoms with van der Waals surface area (Å²) in [6.45, 7) is 4.96. The minimum atomic E-state index is -0.509. The summed E-state index contributed by atoms with van der Waals surface area (Å²) in [5.74, 6) is 0.756. The molecule has 2 atom stereocenters. The van der Waals surface area contributed by atoms with E-state index >= 15 is 0 Å². The number of carbonyl (C=O) groups is 2. The highest BCUT2D eigenvalue weighted by molar-refractivity contribution is 5.95. The fourth-order valence-corrected chi connectivity index (χ4v) is 5.77. The SMILES string of the molecule is COc1ccccc1[C@@H]1CN(C(=O)c2cccc(-n3nc(C)cc3C)c2)C[C@]12CCCCC(=O)N2. The van der Waals surface area contributed by atoms with Crippen LogP contribution >= 0.6 is 0 Å². The van der Waals surface area contributed by atoms with Crippen molar-refractivity contribution in [3.05, 3.63) is 77.1 Å². The predicted molar refractivity (Wildman–Crippen MR) is 134 cm³/mol. The molecule has 5 rings (SSSR count). The first-order valence-corrected chi connectivity index (χ1v) is 12.3. The molecule has 3 heterocycles. The van der Waals surface area contributed by atoms with Gasteiger partial charge in [0.2, 0.25) is 5.91 Å². The molecule has 2 aromatic carbocycles. The largest absolute Gasteiger partial charge is 0.496 e. The van der Waals surface area contributed by atoms with Gasteiger partial charge in [0.1, 0.15) is 5.75 Å². The lowest BCUT2D eigenvalue weighted by Crippen LogP contribution is -2.52. The average Bonchev–Trinajstić information content (AvgIpc) is 3.33. The Morgan fingerprint density at radius 2 is 1.94 bits per heavy atom. The lowest BCUT2D eigenvalue weighted by Gasteiger charge is -2.35. The van der Waals surface area contributed by atoms with E-state index in [0.29, 0.717) is 25.1 Å². The number of benzene rings is 2. The number of para-hydroxylation sites is 1. The van der Waals surface area contributed by atoms with E-state index in [1.165, 1.54) is 0 Å². The summed E-state index contributed by atoms with van der Waals surface area (Å²) in [6.07, 6.45) is 3.17. The van der Waals surface area contributed by atoms with Crippen molar-refractivity contribution >= 4 is 11.8 Å². The van der Waals surface area contributed by atoms with Crippen LogP contribution in [0.3, 0.4) is 0 Å². The maximum absolute atomic E-state index is 13.8. The van der Waals surface area contributed by atoms with Gasteiger partial charge in [-0.1, -0.05) is 30.7 Å². The van der Waals surface area contributed by atoms with Crippen LogP contribution < -0.4 is 10.1 Å². The van der Waals surface area contributed by atoms with Crippen molar-refractivity contribution in [3.8, 4) is 11.4 Å². The molecule has 1 spiro atoms. The molecule has 182 valence electrons. The molecule has 0 aliphatic carbocycles. The van der Waals surface area contributed by atoms with Gasteiger partial charge >= 0.3 is 0 Å². The van der Waals surface area contributed by atoms with E-state index in [4.69, 9.17) is 4.74 Å². The number of carbonyl (C=O) groups excluding carboxylic acids is 2. The molecular weight excluding hydrogens is 440 g/mol. The molecular formula is C28H32N4O3. The Labute approximate surface area is 206 Å². The molecule has 3 aromatic rings. The number of aryl methyl sites for hydroxylation is 2. The second-order valence-corrected chi connectivity index (χ2v) is 9.78. The topological polar surface area (TPSA) is 76.5 Å². The van der Waals surface area contributed by atoms with Crippen LogP contribution in [0, 0.1) is 13.8 Å². The molecule has 2 amide bonds. The Morgan fingerprint density at radius 1 is 1.11 bits per heavy atom. The van der Waals surface area contributed by atoms with Gasteiger partial charge in [0.15, 0.2) is 0 Å². The molecule has 7 nitrogen and oxygen atoms in total. The van der Waals surface area contributed by atoms with Crippen molar-refractivity contribution in [1.29, 1.82) is 0 Å². The quantitative estimate of drug-likeness (QED) is 0.619. The molecule has 7 heteroatoms. The average molecular weight is 473 g/mol. The summed E-state index contributed by atoms with van der Waals surface area (Å²) in [5.41, 5.74) is 3.95. The molecule has 0 unspecified atom stereocenters. The van der Waals surface area contributed by atoms with Crippen molar-refractivity contribution < 1.29 is 14.3 Å². The molecule has 35 heavy (non-hydrogen) atoms. The van der Waals surface area contributed by atoms with Crippen molar-refractivity contribution in [3.63, 3.8) is 0 Å². The Kier molecular flexibility index (Phi) is 6.09. The van der Waals surface area contributed by atoms with E-state index in [-0.39, 0.29) is 17.7 Å². The lowest BCUT2D eigenvalue weighted by atomic mass is 9.78. The van der Waals surface area contributed by atoms with Crippen LogP contribution in [0.1, 0.15) is 58.9 Å². The maximum atomic E-state index is 13.8. The zero-order valence-corrected chi connectivity index (χ0v) is 20.6. The van der Waals surface area contributed by atoms with Gasteiger partial charge in [-0.25, -0.2) is 4.68 Å². The van der Waals surface area contributed by atoms with E-state index in [0.717, 1.165) is 47.7 Å². The monoisotopic (exact) mass is 472 g/mol. The number of amides is 2. The Balaban J connectivity index is 1.50. The number of rotatable bonds is 4. The molecule has 2 fully saturated rings. The first-order chi connectivity index (χ1) is 16.9. The molecule has 1 aromatic heterocycles. The Hall–Kier alpha value is -3.61. The minimum Gasteiger partial charge on any atom is -0.496 e. The van der Waals surface area contributed by atoms with Gasteiger partial charge in [0, 0.05) is 42.2 Å². The van der Waals surface area contributed by atoms with E-state index in [9.17, 15) is 9.59 Å². The number of hydrogen-bond acceptors (Lipinski definition) is 4. The van der Waals surface area contributed by atoms with Crippen LogP contribution in [0.4, 0.5) is 0 Å². The van der Waals surface area contributed by atoms with Crippen LogP contribution in [-0.4, -0.2) is 52.2 Å². The highest BCUT2D eigenvalue weighted by Gasteiger charge is 2.50. The Bertz CT molecular complexity index is 1270.